The van der Waals surface area contributed by atoms with Crippen molar-refractivity contribution in [1.82, 2.24) is 19.4 Å². The third-order valence-electron chi connectivity index (χ3n) is 7.33. The first kappa shape index (κ1) is 21.7. The van der Waals surface area contributed by atoms with E-state index in [4.69, 9.17) is 0 Å². The lowest BCUT2D eigenvalue weighted by Crippen LogP contribution is -2.46. The fraction of sp³-hybridized carbons (Fsp3) is 0.652. The maximum atomic E-state index is 14.0. The van der Waals surface area contributed by atoms with E-state index in [9.17, 15) is 18.8 Å². The molecule has 2 aromatic rings. The van der Waals surface area contributed by atoms with E-state index >= 15 is 0 Å². The van der Waals surface area contributed by atoms with Crippen molar-refractivity contribution in [3.05, 3.63) is 38.9 Å². The first-order valence-electron chi connectivity index (χ1n) is 11.6. The third-order valence-corrected chi connectivity index (χ3v) is 8.38. The van der Waals surface area contributed by atoms with Crippen LogP contribution in [0.5, 0.6) is 0 Å². The summed E-state index contributed by atoms with van der Waals surface area (Å²) in [6, 6.07) is 1.00. The van der Waals surface area contributed by atoms with Crippen LogP contribution in [0.1, 0.15) is 64.0 Å². The van der Waals surface area contributed by atoms with Gasteiger partial charge in [0.15, 0.2) is 0 Å². The number of amides is 1. The molecular formula is C23H29FN4O3S. The molecular weight excluding hydrogens is 431 g/mol. The number of hydrogen-bond donors (Lipinski definition) is 1. The molecule has 172 valence electrons. The van der Waals surface area contributed by atoms with E-state index in [1.165, 1.54) is 10.6 Å². The summed E-state index contributed by atoms with van der Waals surface area (Å²) < 4.78 is 17.0. The van der Waals surface area contributed by atoms with Gasteiger partial charge in [0.05, 0.1) is 11.6 Å². The maximum absolute atomic E-state index is 14.0. The van der Waals surface area contributed by atoms with Crippen molar-refractivity contribution >= 4 is 28.7 Å². The molecule has 5 rings (SSSR count). The number of aromatic nitrogens is 3. The largest absolute Gasteiger partial charge is 0.353 e. The highest BCUT2D eigenvalue weighted by molar-refractivity contribution is 7.99. The predicted molar refractivity (Wildman–Crippen MR) is 123 cm³/mol. The molecule has 7 nitrogen and oxygen atoms in total. The van der Waals surface area contributed by atoms with E-state index in [-0.39, 0.29) is 46.7 Å². The Morgan fingerprint density at radius 1 is 1.09 bits per heavy atom. The average molecular weight is 461 g/mol. The zero-order valence-electron chi connectivity index (χ0n) is 18.3. The Balaban J connectivity index is 1.45. The summed E-state index contributed by atoms with van der Waals surface area (Å²) >= 11 is 1.86. The fourth-order valence-corrected chi connectivity index (χ4v) is 6.35. The first-order chi connectivity index (χ1) is 15.4. The molecule has 3 aliphatic rings. The second-order valence-electron chi connectivity index (χ2n) is 9.53. The summed E-state index contributed by atoms with van der Waals surface area (Å²) in [5.74, 6) is 2.05. The summed E-state index contributed by atoms with van der Waals surface area (Å²) in [5, 5.41) is 3.31. The number of pyridine rings is 1. The highest BCUT2D eigenvalue weighted by atomic mass is 32.2. The van der Waals surface area contributed by atoms with Gasteiger partial charge in [-0.2, -0.15) is 11.8 Å². The van der Waals surface area contributed by atoms with Gasteiger partial charge < -0.3 is 5.32 Å². The Hall–Kier alpha value is -2.16. The normalized spacial score (nSPS) is 28.6. The quantitative estimate of drug-likeness (QED) is 0.758. The smallest absolute Gasteiger partial charge is 0.333 e. The van der Waals surface area contributed by atoms with Crippen LogP contribution in [0.4, 0.5) is 4.39 Å². The van der Waals surface area contributed by atoms with Gasteiger partial charge in [-0.3, -0.25) is 18.7 Å². The highest BCUT2D eigenvalue weighted by Gasteiger charge is 2.40. The first-order valence-corrected chi connectivity index (χ1v) is 12.8. The lowest BCUT2D eigenvalue weighted by molar-refractivity contribution is -0.123. The molecule has 1 N–H and O–H groups in total. The monoisotopic (exact) mass is 460 g/mol. The summed E-state index contributed by atoms with van der Waals surface area (Å²) in [6.07, 6.45) is 6.41. The molecule has 2 saturated carbocycles. The Morgan fingerprint density at radius 2 is 1.75 bits per heavy atom. The lowest BCUT2D eigenvalue weighted by atomic mass is 9.90. The van der Waals surface area contributed by atoms with Crippen molar-refractivity contribution in [1.29, 1.82) is 0 Å². The van der Waals surface area contributed by atoms with Gasteiger partial charge in [-0.05, 0) is 68.4 Å². The van der Waals surface area contributed by atoms with E-state index in [0.717, 1.165) is 49.8 Å². The number of carbonyl (C=O) groups is 1. The molecule has 2 unspecified atom stereocenters. The zero-order valence-corrected chi connectivity index (χ0v) is 19.1. The molecule has 1 saturated heterocycles. The number of nitrogens with zero attached hydrogens (tertiary/aromatic N) is 3. The van der Waals surface area contributed by atoms with Gasteiger partial charge in [-0.15, -0.1) is 0 Å². The minimum Gasteiger partial charge on any atom is -0.353 e. The van der Waals surface area contributed by atoms with Crippen LogP contribution in [-0.4, -0.2) is 37.6 Å². The Bertz CT molecular complexity index is 1150. The molecule has 2 atom stereocenters. The minimum atomic E-state index is -0.578. The Kier molecular flexibility index (Phi) is 5.86. The van der Waals surface area contributed by atoms with Crippen LogP contribution in [0, 0.1) is 17.7 Å². The number of halogens is 1. The fourth-order valence-electron chi connectivity index (χ4n) is 5.27. The molecule has 0 spiro atoms. The molecule has 32 heavy (non-hydrogen) atoms. The highest BCUT2D eigenvalue weighted by Crippen LogP contribution is 2.38. The number of carbonyl (C=O) groups excluding carboxylic acids is 1. The van der Waals surface area contributed by atoms with Crippen molar-refractivity contribution in [2.75, 3.05) is 11.5 Å². The molecule has 2 aromatic heterocycles. The van der Waals surface area contributed by atoms with Crippen molar-refractivity contribution < 1.29 is 9.18 Å². The van der Waals surface area contributed by atoms with Crippen LogP contribution in [0.25, 0.3) is 11.0 Å². The van der Waals surface area contributed by atoms with Crippen LogP contribution in [0.3, 0.4) is 0 Å². The number of fused-ring (bicyclic) bond motifs is 1. The lowest BCUT2D eigenvalue weighted by Gasteiger charge is -2.31. The molecule has 3 heterocycles. The number of thioether (sulfide) groups is 1. The summed E-state index contributed by atoms with van der Waals surface area (Å²) in [5.41, 5.74) is -0.510. The number of nitrogens with one attached hydrogen (secondary N) is 1. The zero-order chi connectivity index (χ0) is 22.4. The van der Waals surface area contributed by atoms with Crippen molar-refractivity contribution in [3.63, 3.8) is 0 Å². The van der Waals surface area contributed by atoms with Crippen LogP contribution >= 0.6 is 11.8 Å². The maximum Gasteiger partial charge on any atom is 0.333 e. The third kappa shape index (κ3) is 4.00. The van der Waals surface area contributed by atoms with Crippen LogP contribution in [0.15, 0.2) is 21.9 Å². The van der Waals surface area contributed by atoms with Crippen LogP contribution < -0.4 is 16.6 Å². The van der Waals surface area contributed by atoms with Gasteiger partial charge in [0.25, 0.3) is 5.56 Å². The van der Waals surface area contributed by atoms with Gasteiger partial charge in [-0.25, -0.2) is 14.2 Å². The molecule has 0 radical (unpaired) electrons. The van der Waals surface area contributed by atoms with E-state index in [1.807, 2.05) is 11.8 Å². The van der Waals surface area contributed by atoms with Gasteiger partial charge in [0.1, 0.15) is 11.5 Å². The Labute approximate surface area is 189 Å². The van der Waals surface area contributed by atoms with Crippen molar-refractivity contribution in [2.24, 2.45) is 11.8 Å². The Morgan fingerprint density at radius 3 is 2.41 bits per heavy atom. The minimum absolute atomic E-state index is 0.0350. The van der Waals surface area contributed by atoms with E-state index in [0.29, 0.717) is 18.8 Å². The van der Waals surface area contributed by atoms with Crippen LogP contribution in [-0.2, 0) is 4.79 Å². The summed E-state index contributed by atoms with van der Waals surface area (Å²) in [6.45, 7) is 2.08. The SMILES string of the molecule is CC1CC1C(=O)NC1CCC(n2c(=O)c3cc(F)cnc3n(C3CCSCC3)c2=O)CC1. The second kappa shape index (κ2) is 8.65. The molecule has 1 aliphatic heterocycles. The molecule has 0 bridgehead atoms. The molecule has 9 heteroatoms. The topological polar surface area (TPSA) is 86.0 Å². The second-order valence-corrected chi connectivity index (χ2v) is 10.8. The van der Waals surface area contributed by atoms with Gasteiger partial charge >= 0.3 is 5.69 Å². The van der Waals surface area contributed by atoms with Crippen LogP contribution in [0.2, 0.25) is 0 Å². The average Bonchev–Trinajstić information content (AvgIpc) is 3.53. The number of hydrogen-bond acceptors (Lipinski definition) is 5. The number of rotatable bonds is 4. The van der Waals surface area contributed by atoms with Gasteiger partial charge in [-0.1, -0.05) is 6.92 Å². The van der Waals surface area contributed by atoms with Gasteiger partial charge in [0, 0.05) is 24.0 Å². The van der Waals surface area contributed by atoms with E-state index in [1.54, 1.807) is 4.57 Å². The predicted octanol–water partition coefficient (Wildman–Crippen LogP) is 3.02. The molecule has 1 amide bonds. The summed E-state index contributed by atoms with van der Waals surface area (Å²) in [4.78, 5) is 43.3. The molecule has 2 aliphatic carbocycles. The standard InChI is InChI=1S/C23H29FN4O3S/c1-13-10-18(13)21(29)26-15-2-4-16(5-3-15)28-22(30)19-11-14(24)12-25-20(19)27(23(28)31)17-6-8-32-9-7-17/h11-13,15-18H,2-10H2,1H3,(H,26,29). The van der Waals surface area contributed by atoms with Gasteiger partial charge in [0.2, 0.25) is 5.91 Å². The summed E-state index contributed by atoms with van der Waals surface area (Å²) in [7, 11) is 0. The van der Waals surface area contributed by atoms with E-state index < -0.39 is 11.4 Å². The molecule has 3 fully saturated rings. The van der Waals surface area contributed by atoms with Crippen molar-refractivity contribution in [2.45, 2.75) is 70.0 Å². The van der Waals surface area contributed by atoms with E-state index in [2.05, 4.69) is 17.2 Å². The van der Waals surface area contributed by atoms with Crippen molar-refractivity contribution in [3.8, 4) is 0 Å². The molecule has 0 aromatic carbocycles.